The minimum atomic E-state index is -0.690. The van der Waals surface area contributed by atoms with Crippen LogP contribution in [0.15, 0.2) is 53.5 Å². The average Bonchev–Trinajstić information content (AvgIpc) is 3.01. The molecule has 1 aromatic heterocycles. The molecule has 1 aliphatic heterocycles. The lowest BCUT2D eigenvalue weighted by molar-refractivity contribution is -0.147. The molecule has 0 aliphatic carbocycles. The van der Waals surface area contributed by atoms with Gasteiger partial charge in [0.15, 0.2) is 5.78 Å². The number of nitrogens with one attached hydrogen (secondary N) is 1. The van der Waals surface area contributed by atoms with E-state index in [2.05, 4.69) is 9.98 Å². The number of ether oxygens (including phenoxy) is 2. The van der Waals surface area contributed by atoms with Crippen LogP contribution in [0.3, 0.4) is 0 Å². The molecule has 0 amide bonds. The summed E-state index contributed by atoms with van der Waals surface area (Å²) in [4.78, 5) is 34.2. The number of methoxy groups -OCH3 is 1. The number of ketones is 1. The lowest BCUT2D eigenvalue weighted by Crippen LogP contribution is -2.22. The molecule has 0 radical (unpaired) electrons. The van der Waals surface area contributed by atoms with E-state index in [1.807, 2.05) is 50.2 Å². The molecule has 2 aromatic carbocycles. The Balaban J connectivity index is 1.87. The summed E-state index contributed by atoms with van der Waals surface area (Å²) in [6.07, 6.45) is 1.35. The molecular weight excluding hydrogens is 380 g/mol. The maximum absolute atomic E-state index is 13.6. The van der Waals surface area contributed by atoms with E-state index in [1.54, 1.807) is 25.5 Å². The zero-order valence-electron chi connectivity index (χ0n) is 17.2. The molecule has 154 valence electrons. The summed E-state index contributed by atoms with van der Waals surface area (Å²) >= 11 is 0. The number of carbonyl (C=O) groups excluding carboxylic acids is 2. The highest BCUT2D eigenvalue weighted by atomic mass is 16.5. The third kappa shape index (κ3) is 3.49. The highest BCUT2D eigenvalue weighted by molar-refractivity contribution is 6.08. The van der Waals surface area contributed by atoms with Crippen LogP contribution in [0.1, 0.15) is 47.3 Å². The van der Waals surface area contributed by atoms with E-state index in [0.717, 1.165) is 16.5 Å². The van der Waals surface area contributed by atoms with Gasteiger partial charge in [-0.1, -0.05) is 30.3 Å². The number of nitrogens with zero attached hydrogens (tertiary/aromatic N) is 1. The van der Waals surface area contributed by atoms with E-state index in [4.69, 9.17) is 9.47 Å². The second-order valence-electron chi connectivity index (χ2n) is 7.59. The van der Waals surface area contributed by atoms with Crippen LogP contribution in [0.4, 0.5) is 0 Å². The Morgan fingerprint density at radius 1 is 1.10 bits per heavy atom. The summed E-state index contributed by atoms with van der Waals surface area (Å²) in [7, 11) is 1.55. The Bertz CT molecular complexity index is 1130. The van der Waals surface area contributed by atoms with Gasteiger partial charge in [-0.25, -0.2) is 0 Å². The molecule has 6 heteroatoms. The van der Waals surface area contributed by atoms with Crippen molar-refractivity contribution in [3.8, 4) is 5.75 Å². The first-order valence-electron chi connectivity index (χ1n) is 9.99. The van der Waals surface area contributed by atoms with Crippen LogP contribution in [0.5, 0.6) is 5.75 Å². The van der Waals surface area contributed by atoms with Gasteiger partial charge in [-0.15, -0.1) is 0 Å². The number of rotatable bonds is 5. The standard InChI is InChI=1S/C24H24N2O4/c1-14(2)30-24(28)18-13-25-12-17(23(27)16-9-5-7-11-20(16)29-3)21-15-8-4-6-10-19(15)26-22(18)21/h4-11,13-14,17-18,26H,12H2,1-3H3. The monoisotopic (exact) mass is 404 g/mol. The lowest BCUT2D eigenvalue weighted by atomic mass is 9.86. The van der Waals surface area contributed by atoms with Gasteiger partial charge >= 0.3 is 5.97 Å². The third-order valence-electron chi connectivity index (χ3n) is 5.27. The number of hydrogen-bond donors (Lipinski definition) is 1. The third-order valence-corrected chi connectivity index (χ3v) is 5.27. The highest BCUT2D eigenvalue weighted by Crippen LogP contribution is 2.38. The van der Waals surface area contributed by atoms with Crippen molar-refractivity contribution in [1.82, 2.24) is 4.98 Å². The fraction of sp³-hybridized carbons (Fsp3) is 0.292. The van der Waals surface area contributed by atoms with Crippen molar-refractivity contribution < 1.29 is 19.1 Å². The first-order valence-corrected chi connectivity index (χ1v) is 9.99. The normalized spacial score (nSPS) is 18.1. The number of H-pyrrole nitrogens is 1. The Hall–Kier alpha value is -3.41. The second-order valence-corrected chi connectivity index (χ2v) is 7.59. The van der Waals surface area contributed by atoms with E-state index < -0.39 is 11.8 Å². The number of aromatic amines is 1. The van der Waals surface area contributed by atoms with Crippen LogP contribution in [-0.4, -0.2) is 42.7 Å². The Labute approximate surface area is 174 Å². The van der Waals surface area contributed by atoms with Crippen molar-refractivity contribution in [3.05, 3.63) is 65.4 Å². The first kappa shape index (κ1) is 19.9. The Morgan fingerprint density at radius 2 is 1.83 bits per heavy atom. The summed E-state index contributed by atoms with van der Waals surface area (Å²) in [5.74, 6) is -1.18. The smallest absolute Gasteiger partial charge is 0.320 e. The van der Waals surface area contributed by atoms with E-state index >= 15 is 0 Å². The average molecular weight is 404 g/mol. The number of hydrogen-bond acceptors (Lipinski definition) is 5. The molecule has 0 fully saturated rings. The van der Waals surface area contributed by atoms with Crippen LogP contribution in [0.25, 0.3) is 10.9 Å². The summed E-state index contributed by atoms with van der Waals surface area (Å²) in [5, 5.41) is 0.911. The molecule has 2 unspecified atom stereocenters. The largest absolute Gasteiger partial charge is 0.496 e. The number of aromatic nitrogens is 1. The van der Waals surface area contributed by atoms with Crippen molar-refractivity contribution >= 4 is 28.9 Å². The highest BCUT2D eigenvalue weighted by Gasteiger charge is 2.36. The quantitative estimate of drug-likeness (QED) is 0.509. The van der Waals surface area contributed by atoms with Crippen LogP contribution >= 0.6 is 0 Å². The van der Waals surface area contributed by atoms with Gasteiger partial charge in [-0.05, 0) is 37.6 Å². The molecule has 2 heterocycles. The number of carbonyl (C=O) groups is 2. The number of para-hydroxylation sites is 2. The second kappa shape index (κ2) is 8.14. The van der Waals surface area contributed by atoms with Gasteiger partial charge in [0.1, 0.15) is 11.7 Å². The molecule has 2 atom stereocenters. The molecule has 0 saturated heterocycles. The van der Waals surface area contributed by atoms with Crippen molar-refractivity contribution in [2.24, 2.45) is 4.99 Å². The number of aliphatic imine (C=N–C) groups is 1. The summed E-state index contributed by atoms with van der Waals surface area (Å²) in [6.45, 7) is 3.87. The number of esters is 1. The zero-order valence-corrected chi connectivity index (χ0v) is 17.2. The van der Waals surface area contributed by atoms with E-state index in [9.17, 15) is 9.59 Å². The minimum absolute atomic E-state index is 0.0894. The SMILES string of the molecule is COc1ccccc1C(=O)C1CN=CC(C(=O)OC(C)C)c2[nH]c3ccccc3c21. The number of fused-ring (bicyclic) bond motifs is 3. The molecule has 0 saturated carbocycles. The van der Waals surface area contributed by atoms with Crippen LogP contribution in [0.2, 0.25) is 0 Å². The van der Waals surface area contributed by atoms with Gasteiger partial charge in [0, 0.05) is 22.8 Å². The molecule has 3 aromatic rings. The number of benzene rings is 2. The molecule has 0 bridgehead atoms. The van der Waals surface area contributed by atoms with Crippen LogP contribution in [-0.2, 0) is 9.53 Å². The Kier molecular flexibility index (Phi) is 5.40. The lowest BCUT2D eigenvalue weighted by Gasteiger charge is -2.17. The van der Waals surface area contributed by atoms with Crippen molar-refractivity contribution in [1.29, 1.82) is 0 Å². The minimum Gasteiger partial charge on any atom is -0.496 e. The van der Waals surface area contributed by atoms with Gasteiger partial charge in [0.25, 0.3) is 0 Å². The molecule has 0 spiro atoms. The summed E-state index contributed by atoms with van der Waals surface area (Å²) < 4.78 is 10.9. The van der Waals surface area contributed by atoms with E-state index in [-0.39, 0.29) is 24.4 Å². The molecule has 1 aliphatic rings. The summed E-state index contributed by atoms with van der Waals surface area (Å²) in [6, 6.07) is 14.9. The Morgan fingerprint density at radius 3 is 2.60 bits per heavy atom. The topological polar surface area (TPSA) is 80.8 Å². The maximum atomic E-state index is 13.6. The molecule has 30 heavy (non-hydrogen) atoms. The van der Waals surface area contributed by atoms with Crippen LogP contribution < -0.4 is 4.74 Å². The zero-order chi connectivity index (χ0) is 21.3. The van der Waals surface area contributed by atoms with Crippen molar-refractivity contribution in [3.63, 3.8) is 0 Å². The predicted molar refractivity (Wildman–Crippen MR) is 116 cm³/mol. The van der Waals surface area contributed by atoms with Gasteiger partial charge in [0.05, 0.1) is 31.2 Å². The van der Waals surface area contributed by atoms with E-state index in [0.29, 0.717) is 17.0 Å². The van der Waals surface area contributed by atoms with Gasteiger partial charge < -0.3 is 14.5 Å². The molecular formula is C24H24N2O4. The summed E-state index contributed by atoms with van der Waals surface area (Å²) in [5.41, 5.74) is 2.83. The molecule has 6 nitrogen and oxygen atoms in total. The first-order chi connectivity index (χ1) is 14.5. The molecule has 4 rings (SSSR count). The number of Topliss-reactive ketones (excluding diaryl/α,β-unsaturated/α-hetero) is 1. The fourth-order valence-electron chi connectivity index (χ4n) is 3.98. The van der Waals surface area contributed by atoms with Crippen molar-refractivity contribution in [2.75, 3.05) is 13.7 Å². The van der Waals surface area contributed by atoms with E-state index in [1.165, 1.54) is 0 Å². The fourth-order valence-corrected chi connectivity index (χ4v) is 3.98. The maximum Gasteiger partial charge on any atom is 0.320 e. The van der Waals surface area contributed by atoms with Gasteiger partial charge in [-0.3, -0.25) is 14.6 Å². The van der Waals surface area contributed by atoms with Crippen LogP contribution in [0, 0.1) is 0 Å². The molecule has 1 N–H and O–H groups in total. The predicted octanol–water partition coefficient (Wildman–Crippen LogP) is 4.26. The van der Waals surface area contributed by atoms with Gasteiger partial charge in [0.2, 0.25) is 0 Å². The van der Waals surface area contributed by atoms with Crippen molar-refractivity contribution in [2.45, 2.75) is 31.8 Å². The van der Waals surface area contributed by atoms with Gasteiger partial charge in [-0.2, -0.15) is 0 Å².